The van der Waals surface area contributed by atoms with Gasteiger partial charge in [0.1, 0.15) is 0 Å². The van der Waals surface area contributed by atoms with Crippen LogP contribution < -0.4 is 0 Å². The Hall–Kier alpha value is -1.98. The molecule has 0 radical (unpaired) electrons. The largest absolute Gasteiger partial charge is 0.417 e. The molecule has 0 amide bonds. The predicted octanol–water partition coefficient (Wildman–Crippen LogP) is 6.42. The van der Waals surface area contributed by atoms with E-state index in [9.17, 15) is 26.3 Å². The lowest BCUT2D eigenvalue weighted by atomic mass is 9.95. The van der Waals surface area contributed by atoms with Gasteiger partial charge in [-0.15, -0.1) is 0 Å². The number of alkyl halides is 6. The van der Waals surface area contributed by atoms with Crippen molar-refractivity contribution in [2.75, 3.05) is 0 Å². The number of benzene rings is 2. The highest BCUT2D eigenvalue weighted by Gasteiger charge is 2.37. The Labute approximate surface area is 124 Å². The third kappa shape index (κ3) is 4.02. The van der Waals surface area contributed by atoms with Gasteiger partial charge in [0.2, 0.25) is 0 Å². The van der Waals surface area contributed by atoms with E-state index in [2.05, 4.69) is 0 Å². The van der Waals surface area contributed by atoms with Crippen molar-refractivity contribution in [1.29, 1.82) is 0 Å². The summed E-state index contributed by atoms with van der Waals surface area (Å²) < 4.78 is 77.3. The molecule has 2 aromatic rings. The molecule has 0 spiro atoms. The molecule has 0 aromatic heterocycles. The molecule has 0 fully saturated rings. The second-order valence-electron chi connectivity index (χ2n) is 4.09. The van der Waals surface area contributed by atoms with Gasteiger partial charge in [0.25, 0.3) is 0 Å². The zero-order valence-electron chi connectivity index (χ0n) is 11.9. The standard InChI is InChI=1S/C14H8F6.C2H6/c15-13(16,17)11-7-3-1-5-9(11)10-6-2-4-8-12(10)14(18,19)20;1-2/h1-8H;1-2H3. The third-order valence-electron chi connectivity index (χ3n) is 2.76. The van der Waals surface area contributed by atoms with Crippen molar-refractivity contribution in [2.45, 2.75) is 26.2 Å². The lowest BCUT2D eigenvalue weighted by Gasteiger charge is -2.17. The minimum Gasteiger partial charge on any atom is -0.166 e. The number of rotatable bonds is 1. The Morgan fingerprint density at radius 1 is 0.545 bits per heavy atom. The summed E-state index contributed by atoms with van der Waals surface area (Å²) >= 11 is 0. The second kappa shape index (κ2) is 6.85. The first kappa shape index (κ1) is 18.1. The van der Waals surface area contributed by atoms with Gasteiger partial charge in [0.15, 0.2) is 0 Å². The predicted molar refractivity (Wildman–Crippen MR) is 73.2 cm³/mol. The summed E-state index contributed by atoms with van der Waals surface area (Å²) in [6.45, 7) is 4.00. The van der Waals surface area contributed by atoms with Crippen LogP contribution in [0.3, 0.4) is 0 Å². The average molecular weight is 320 g/mol. The minimum absolute atomic E-state index is 0.479. The maximum atomic E-state index is 12.9. The Kier molecular flexibility index (Phi) is 5.63. The fraction of sp³-hybridized carbons (Fsp3) is 0.250. The summed E-state index contributed by atoms with van der Waals surface area (Å²) in [6, 6.07) is 8.44. The van der Waals surface area contributed by atoms with E-state index in [1.54, 1.807) is 0 Å². The van der Waals surface area contributed by atoms with Crippen molar-refractivity contribution in [3.63, 3.8) is 0 Å². The smallest absolute Gasteiger partial charge is 0.166 e. The second-order valence-corrected chi connectivity index (χ2v) is 4.09. The number of hydrogen-bond acceptors (Lipinski definition) is 0. The summed E-state index contributed by atoms with van der Waals surface area (Å²) in [5.41, 5.74) is -3.13. The Morgan fingerprint density at radius 3 is 1.09 bits per heavy atom. The maximum absolute atomic E-state index is 12.9. The lowest BCUT2D eigenvalue weighted by Crippen LogP contribution is -2.11. The van der Waals surface area contributed by atoms with E-state index in [1.165, 1.54) is 12.1 Å². The zero-order valence-corrected chi connectivity index (χ0v) is 11.9. The monoisotopic (exact) mass is 320 g/mol. The third-order valence-corrected chi connectivity index (χ3v) is 2.76. The van der Waals surface area contributed by atoms with Gasteiger partial charge in [0, 0.05) is 0 Å². The van der Waals surface area contributed by atoms with E-state index < -0.39 is 34.6 Å². The van der Waals surface area contributed by atoms with E-state index in [1.807, 2.05) is 13.8 Å². The quantitative estimate of drug-likeness (QED) is 0.532. The first-order valence-electron chi connectivity index (χ1n) is 6.54. The van der Waals surface area contributed by atoms with Crippen molar-refractivity contribution in [1.82, 2.24) is 0 Å². The fourth-order valence-corrected chi connectivity index (χ4v) is 1.93. The molecule has 0 aliphatic heterocycles. The van der Waals surface area contributed by atoms with Gasteiger partial charge < -0.3 is 0 Å². The SMILES string of the molecule is CC.FC(F)(F)c1ccccc1-c1ccccc1C(F)(F)F. The molecular weight excluding hydrogens is 306 g/mol. The van der Waals surface area contributed by atoms with Crippen LogP contribution in [0.25, 0.3) is 11.1 Å². The Morgan fingerprint density at radius 2 is 0.818 bits per heavy atom. The van der Waals surface area contributed by atoms with E-state index in [0.717, 1.165) is 36.4 Å². The molecule has 0 saturated carbocycles. The van der Waals surface area contributed by atoms with Crippen molar-refractivity contribution in [2.24, 2.45) is 0 Å². The zero-order chi connectivity index (χ0) is 17.0. The molecule has 0 heterocycles. The fourth-order valence-electron chi connectivity index (χ4n) is 1.93. The molecule has 0 N–H and O–H groups in total. The van der Waals surface area contributed by atoms with Gasteiger partial charge in [-0.05, 0) is 23.3 Å². The van der Waals surface area contributed by atoms with Gasteiger partial charge in [-0.3, -0.25) is 0 Å². The summed E-state index contributed by atoms with van der Waals surface area (Å²) in [5.74, 6) is 0. The summed E-state index contributed by atoms with van der Waals surface area (Å²) in [7, 11) is 0. The van der Waals surface area contributed by atoms with Crippen molar-refractivity contribution < 1.29 is 26.3 Å². The molecule has 0 bridgehead atoms. The number of halogens is 6. The molecule has 6 heteroatoms. The van der Waals surface area contributed by atoms with Crippen LogP contribution >= 0.6 is 0 Å². The molecule has 0 atom stereocenters. The molecule has 0 nitrogen and oxygen atoms in total. The van der Waals surface area contributed by atoms with Crippen LogP contribution in [0.4, 0.5) is 26.3 Å². The minimum atomic E-state index is -4.71. The molecule has 120 valence electrons. The highest BCUT2D eigenvalue weighted by atomic mass is 19.4. The van der Waals surface area contributed by atoms with E-state index >= 15 is 0 Å². The van der Waals surface area contributed by atoms with Crippen LogP contribution in [0, 0.1) is 0 Å². The molecule has 0 aliphatic rings. The van der Waals surface area contributed by atoms with Crippen molar-refractivity contribution in [3.05, 3.63) is 59.7 Å². The molecule has 0 aliphatic carbocycles. The van der Waals surface area contributed by atoms with Crippen molar-refractivity contribution >= 4 is 0 Å². The van der Waals surface area contributed by atoms with Gasteiger partial charge in [-0.1, -0.05) is 50.2 Å². The van der Waals surface area contributed by atoms with Crippen molar-refractivity contribution in [3.8, 4) is 11.1 Å². The Balaban J connectivity index is 0.00000116. The van der Waals surface area contributed by atoms with Crippen LogP contribution in [0.1, 0.15) is 25.0 Å². The molecule has 2 aromatic carbocycles. The average Bonchev–Trinajstić information content (AvgIpc) is 2.47. The molecule has 22 heavy (non-hydrogen) atoms. The van der Waals surface area contributed by atoms with Crippen LogP contribution in [-0.4, -0.2) is 0 Å². The summed E-state index contributed by atoms with van der Waals surface area (Å²) in [6.07, 6.45) is -9.43. The van der Waals surface area contributed by atoms with E-state index in [-0.39, 0.29) is 0 Å². The molecule has 2 rings (SSSR count). The van der Waals surface area contributed by atoms with E-state index in [0.29, 0.717) is 0 Å². The van der Waals surface area contributed by atoms with Crippen LogP contribution in [0.5, 0.6) is 0 Å². The topological polar surface area (TPSA) is 0 Å². The summed E-state index contributed by atoms with van der Waals surface area (Å²) in [4.78, 5) is 0. The van der Waals surface area contributed by atoms with Gasteiger partial charge in [-0.2, -0.15) is 26.3 Å². The Bertz CT molecular complexity index is 555. The molecular formula is C16H14F6. The van der Waals surface area contributed by atoms with Crippen LogP contribution in [0.15, 0.2) is 48.5 Å². The first-order chi connectivity index (χ1) is 10.2. The van der Waals surface area contributed by atoms with Crippen LogP contribution in [0.2, 0.25) is 0 Å². The maximum Gasteiger partial charge on any atom is 0.417 e. The van der Waals surface area contributed by atoms with Gasteiger partial charge in [0.05, 0.1) is 11.1 Å². The highest BCUT2D eigenvalue weighted by Crippen LogP contribution is 2.42. The normalized spacial score (nSPS) is 11.6. The highest BCUT2D eigenvalue weighted by molar-refractivity contribution is 5.71. The van der Waals surface area contributed by atoms with Crippen LogP contribution in [-0.2, 0) is 12.4 Å². The summed E-state index contributed by atoms with van der Waals surface area (Å²) in [5, 5.41) is 0. The first-order valence-corrected chi connectivity index (χ1v) is 6.54. The van der Waals surface area contributed by atoms with Gasteiger partial charge >= 0.3 is 12.4 Å². The van der Waals surface area contributed by atoms with E-state index in [4.69, 9.17) is 0 Å². The lowest BCUT2D eigenvalue weighted by molar-refractivity contribution is -0.139. The molecule has 0 saturated heterocycles. The molecule has 0 unspecified atom stereocenters. The number of hydrogen-bond donors (Lipinski definition) is 0. The van der Waals surface area contributed by atoms with Gasteiger partial charge in [-0.25, -0.2) is 0 Å².